The third-order valence-electron chi connectivity index (χ3n) is 5.20. The molecule has 2 fully saturated rings. The monoisotopic (exact) mass is 425 g/mol. The van der Waals surface area contributed by atoms with E-state index in [0.717, 1.165) is 37.6 Å². The molecule has 0 spiro atoms. The number of nitrogens with zero attached hydrogens (tertiary/aromatic N) is 2. The van der Waals surface area contributed by atoms with Gasteiger partial charge in [-0.15, -0.1) is 12.4 Å². The minimum Gasteiger partial charge on any atom is -0.497 e. The number of ether oxygens (including phenoxy) is 1. The summed E-state index contributed by atoms with van der Waals surface area (Å²) in [6.45, 7) is 6.36. The van der Waals surface area contributed by atoms with Crippen molar-refractivity contribution in [2.45, 2.75) is 12.5 Å². The SMILES string of the molecule is COc1ccc(C2(C)NC(=O)N(CC(=O)NCCN3CCNCC3)C2=O)cc1.Cl. The number of urea groups is 1. The summed E-state index contributed by atoms with van der Waals surface area (Å²) in [5, 5.41) is 8.76. The minimum absolute atomic E-state index is 0. The number of benzene rings is 1. The van der Waals surface area contributed by atoms with E-state index in [-0.39, 0.29) is 24.9 Å². The van der Waals surface area contributed by atoms with Crippen LogP contribution < -0.4 is 20.7 Å². The molecule has 1 unspecified atom stereocenters. The first-order valence-corrected chi connectivity index (χ1v) is 9.42. The van der Waals surface area contributed by atoms with Gasteiger partial charge in [0.2, 0.25) is 5.91 Å². The van der Waals surface area contributed by atoms with Crippen LogP contribution in [0.1, 0.15) is 12.5 Å². The van der Waals surface area contributed by atoms with Gasteiger partial charge in [-0.1, -0.05) is 12.1 Å². The third kappa shape index (κ3) is 5.17. The standard InChI is InChI=1S/C19H27N5O4.ClH/c1-19(14-3-5-15(28-2)6-4-14)17(26)24(18(27)22-19)13-16(25)21-9-12-23-10-7-20-8-11-23;/h3-6,20H,7-13H2,1-2H3,(H,21,25)(H,22,27);1H. The fraction of sp³-hybridized carbons (Fsp3) is 0.526. The van der Waals surface area contributed by atoms with Gasteiger partial charge in [0.15, 0.2) is 0 Å². The highest BCUT2D eigenvalue weighted by atomic mass is 35.5. The van der Waals surface area contributed by atoms with Crippen molar-refractivity contribution in [2.75, 3.05) is 52.9 Å². The van der Waals surface area contributed by atoms with Crippen LogP contribution >= 0.6 is 12.4 Å². The number of rotatable bonds is 7. The normalized spacial score (nSPS) is 22.1. The van der Waals surface area contributed by atoms with E-state index < -0.39 is 17.5 Å². The molecule has 2 heterocycles. The van der Waals surface area contributed by atoms with Crippen LogP contribution in [-0.4, -0.2) is 80.6 Å². The molecule has 2 aliphatic heterocycles. The number of halogens is 1. The fourth-order valence-electron chi connectivity index (χ4n) is 3.45. The van der Waals surface area contributed by atoms with Crippen LogP contribution in [0, 0.1) is 0 Å². The number of imide groups is 1. The second kappa shape index (κ2) is 9.91. The Labute approximate surface area is 176 Å². The van der Waals surface area contributed by atoms with E-state index in [1.54, 1.807) is 38.3 Å². The lowest BCUT2D eigenvalue weighted by Crippen LogP contribution is -2.47. The lowest BCUT2D eigenvalue weighted by Gasteiger charge is -2.27. The Kier molecular flexibility index (Phi) is 7.83. The molecule has 29 heavy (non-hydrogen) atoms. The highest BCUT2D eigenvalue weighted by Crippen LogP contribution is 2.29. The Morgan fingerprint density at radius 3 is 2.48 bits per heavy atom. The summed E-state index contributed by atoms with van der Waals surface area (Å²) in [6.07, 6.45) is 0. The average molecular weight is 426 g/mol. The first-order valence-electron chi connectivity index (χ1n) is 9.42. The maximum absolute atomic E-state index is 12.9. The van der Waals surface area contributed by atoms with Gasteiger partial charge >= 0.3 is 6.03 Å². The van der Waals surface area contributed by atoms with Crippen LogP contribution in [0.5, 0.6) is 5.75 Å². The summed E-state index contributed by atoms with van der Waals surface area (Å²) in [5.74, 6) is -0.137. The summed E-state index contributed by atoms with van der Waals surface area (Å²) < 4.78 is 5.13. The number of hydrogen-bond acceptors (Lipinski definition) is 6. The van der Waals surface area contributed by atoms with Gasteiger partial charge in [-0.25, -0.2) is 4.79 Å². The second-order valence-electron chi connectivity index (χ2n) is 7.12. The van der Waals surface area contributed by atoms with Crippen molar-refractivity contribution >= 4 is 30.3 Å². The molecule has 3 N–H and O–H groups in total. The van der Waals surface area contributed by atoms with Crippen molar-refractivity contribution in [3.63, 3.8) is 0 Å². The van der Waals surface area contributed by atoms with E-state index in [9.17, 15) is 14.4 Å². The van der Waals surface area contributed by atoms with Crippen molar-refractivity contribution < 1.29 is 19.1 Å². The minimum atomic E-state index is -1.20. The van der Waals surface area contributed by atoms with E-state index in [4.69, 9.17) is 4.74 Å². The molecular weight excluding hydrogens is 398 g/mol. The van der Waals surface area contributed by atoms with Gasteiger partial charge in [-0.05, 0) is 24.6 Å². The molecule has 160 valence electrons. The van der Waals surface area contributed by atoms with E-state index >= 15 is 0 Å². The summed E-state index contributed by atoms with van der Waals surface area (Å²) in [6, 6.07) is 6.35. The summed E-state index contributed by atoms with van der Waals surface area (Å²) in [7, 11) is 1.56. The topological polar surface area (TPSA) is 103 Å². The molecule has 0 aromatic heterocycles. The molecule has 2 aliphatic rings. The Bertz CT molecular complexity index is 739. The summed E-state index contributed by atoms with van der Waals surface area (Å²) in [5.41, 5.74) is -0.571. The van der Waals surface area contributed by atoms with Crippen molar-refractivity contribution in [1.29, 1.82) is 0 Å². The molecule has 3 rings (SSSR count). The summed E-state index contributed by atoms with van der Waals surface area (Å²) in [4.78, 5) is 40.6. The summed E-state index contributed by atoms with van der Waals surface area (Å²) >= 11 is 0. The lowest BCUT2D eigenvalue weighted by atomic mass is 9.92. The number of carbonyl (C=O) groups excluding carboxylic acids is 3. The smallest absolute Gasteiger partial charge is 0.325 e. The zero-order valence-corrected chi connectivity index (χ0v) is 17.5. The molecular formula is C19H28ClN5O4. The van der Waals surface area contributed by atoms with E-state index in [2.05, 4.69) is 20.9 Å². The van der Waals surface area contributed by atoms with Crippen LogP contribution in [0.25, 0.3) is 0 Å². The lowest BCUT2D eigenvalue weighted by molar-refractivity contribution is -0.134. The molecule has 2 saturated heterocycles. The second-order valence-corrected chi connectivity index (χ2v) is 7.12. The van der Waals surface area contributed by atoms with Crippen LogP contribution in [0.4, 0.5) is 4.79 Å². The van der Waals surface area contributed by atoms with Crippen molar-refractivity contribution in [3.05, 3.63) is 29.8 Å². The number of carbonyl (C=O) groups is 3. The van der Waals surface area contributed by atoms with Crippen molar-refractivity contribution in [1.82, 2.24) is 25.8 Å². The number of hydrogen-bond donors (Lipinski definition) is 3. The fourth-order valence-corrected chi connectivity index (χ4v) is 3.45. The molecule has 1 aromatic carbocycles. The molecule has 10 heteroatoms. The molecule has 0 radical (unpaired) electrons. The van der Waals surface area contributed by atoms with Gasteiger partial charge in [0.05, 0.1) is 7.11 Å². The highest BCUT2D eigenvalue weighted by molar-refractivity contribution is 6.09. The first-order chi connectivity index (χ1) is 13.4. The first kappa shape index (κ1) is 22.9. The molecule has 0 aliphatic carbocycles. The van der Waals surface area contributed by atoms with Gasteiger partial charge in [-0.2, -0.15) is 0 Å². The zero-order valence-electron chi connectivity index (χ0n) is 16.7. The number of piperazine rings is 1. The number of nitrogens with one attached hydrogen (secondary N) is 3. The Morgan fingerprint density at radius 1 is 1.21 bits per heavy atom. The Hall–Kier alpha value is -2.36. The number of amides is 4. The van der Waals surface area contributed by atoms with Gasteiger partial charge in [-0.3, -0.25) is 19.4 Å². The predicted octanol–water partition coefficient (Wildman–Crippen LogP) is -0.0946. The third-order valence-corrected chi connectivity index (χ3v) is 5.20. The van der Waals surface area contributed by atoms with Gasteiger partial charge in [0.25, 0.3) is 5.91 Å². The molecule has 1 atom stereocenters. The molecule has 0 saturated carbocycles. The average Bonchev–Trinajstić information content (AvgIpc) is 2.93. The highest BCUT2D eigenvalue weighted by Gasteiger charge is 2.49. The van der Waals surface area contributed by atoms with E-state index in [0.29, 0.717) is 17.9 Å². The van der Waals surface area contributed by atoms with Gasteiger partial charge < -0.3 is 20.7 Å². The van der Waals surface area contributed by atoms with Crippen LogP contribution in [-0.2, 0) is 15.1 Å². The quantitative estimate of drug-likeness (QED) is 0.527. The zero-order chi connectivity index (χ0) is 20.1. The van der Waals surface area contributed by atoms with Crippen LogP contribution in [0.15, 0.2) is 24.3 Å². The maximum Gasteiger partial charge on any atom is 0.325 e. The van der Waals surface area contributed by atoms with Crippen LogP contribution in [0.3, 0.4) is 0 Å². The largest absolute Gasteiger partial charge is 0.497 e. The molecule has 9 nitrogen and oxygen atoms in total. The Morgan fingerprint density at radius 2 is 1.86 bits per heavy atom. The van der Waals surface area contributed by atoms with E-state index in [1.165, 1.54) is 0 Å². The molecule has 0 bridgehead atoms. The molecule has 1 aromatic rings. The predicted molar refractivity (Wildman–Crippen MR) is 110 cm³/mol. The number of methoxy groups -OCH3 is 1. The van der Waals surface area contributed by atoms with Gasteiger partial charge in [0.1, 0.15) is 17.8 Å². The molecule has 4 amide bonds. The maximum atomic E-state index is 12.9. The van der Waals surface area contributed by atoms with E-state index in [1.807, 2.05) is 0 Å². The van der Waals surface area contributed by atoms with Crippen molar-refractivity contribution in [2.24, 2.45) is 0 Å². The van der Waals surface area contributed by atoms with Crippen molar-refractivity contribution in [3.8, 4) is 5.75 Å². The Balaban J connectivity index is 0.00000300. The van der Waals surface area contributed by atoms with Crippen LogP contribution in [0.2, 0.25) is 0 Å². The van der Waals surface area contributed by atoms with Gasteiger partial charge in [0, 0.05) is 39.3 Å².